The van der Waals surface area contributed by atoms with E-state index in [2.05, 4.69) is 43.0 Å². The predicted molar refractivity (Wildman–Crippen MR) is 84.9 cm³/mol. The summed E-state index contributed by atoms with van der Waals surface area (Å²) in [5.41, 5.74) is 0. The van der Waals surface area contributed by atoms with Crippen LogP contribution in [0.15, 0.2) is 12.4 Å². The average molecular weight is 266 g/mol. The standard InChI is InChI=1S/C17H34N2/c1-4-6-8-9-10-11-12-14-19-16-15-18(17(19)3)13-7-5-2/h15-17H,4-14H2,1-3H3. The summed E-state index contributed by atoms with van der Waals surface area (Å²) in [7, 11) is 0. The largest absolute Gasteiger partial charge is 0.356 e. The molecule has 1 atom stereocenters. The van der Waals surface area contributed by atoms with E-state index in [4.69, 9.17) is 0 Å². The number of rotatable bonds is 11. The van der Waals surface area contributed by atoms with Crippen LogP contribution in [0.3, 0.4) is 0 Å². The van der Waals surface area contributed by atoms with Crippen LogP contribution in [0.1, 0.15) is 78.6 Å². The zero-order valence-electron chi connectivity index (χ0n) is 13.4. The van der Waals surface area contributed by atoms with Gasteiger partial charge in [0.05, 0.1) is 6.17 Å². The van der Waals surface area contributed by atoms with Crippen LogP contribution in [0.5, 0.6) is 0 Å². The van der Waals surface area contributed by atoms with Crippen LogP contribution >= 0.6 is 0 Å². The molecule has 1 unspecified atom stereocenters. The highest BCUT2D eigenvalue weighted by Gasteiger charge is 2.20. The van der Waals surface area contributed by atoms with Gasteiger partial charge in [-0.05, 0) is 19.8 Å². The lowest BCUT2D eigenvalue weighted by Gasteiger charge is -2.29. The van der Waals surface area contributed by atoms with E-state index in [0.29, 0.717) is 6.17 Å². The minimum atomic E-state index is 0.576. The highest BCUT2D eigenvalue weighted by atomic mass is 15.4. The second-order valence-electron chi connectivity index (χ2n) is 5.88. The second-order valence-corrected chi connectivity index (χ2v) is 5.88. The van der Waals surface area contributed by atoms with E-state index < -0.39 is 0 Å². The van der Waals surface area contributed by atoms with Gasteiger partial charge in [-0.25, -0.2) is 0 Å². The molecule has 0 bridgehead atoms. The van der Waals surface area contributed by atoms with E-state index in [-0.39, 0.29) is 0 Å². The van der Waals surface area contributed by atoms with Gasteiger partial charge < -0.3 is 9.80 Å². The van der Waals surface area contributed by atoms with Crippen LogP contribution in [0.2, 0.25) is 0 Å². The van der Waals surface area contributed by atoms with Crippen molar-refractivity contribution >= 4 is 0 Å². The van der Waals surface area contributed by atoms with Gasteiger partial charge in [-0.3, -0.25) is 0 Å². The van der Waals surface area contributed by atoms with Gasteiger partial charge in [0.25, 0.3) is 0 Å². The van der Waals surface area contributed by atoms with Gasteiger partial charge in [-0.15, -0.1) is 0 Å². The molecule has 2 heteroatoms. The molecule has 2 nitrogen and oxygen atoms in total. The van der Waals surface area contributed by atoms with Crippen LogP contribution in [0.25, 0.3) is 0 Å². The van der Waals surface area contributed by atoms with Gasteiger partial charge in [0.15, 0.2) is 0 Å². The quantitative estimate of drug-likeness (QED) is 0.487. The Balaban J connectivity index is 2.03. The molecule has 0 amide bonds. The SMILES string of the molecule is CCCCCCCCCN1C=CN(CCCC)C1C. The summed E-state index contributed by atoms with van der Waals surface area (Å²) in [5.74, 6) is 0. The molecule has 1 aliphatic heterocycles. The first-order valence-corrected chi connectivity index (χ1v) is 8.49. The van der Waals surface area contributed by atoms with Crippen LogP contribution in [0, 0.1) is 0 Å². The molecule has 0 radical (unpaired) electrons. The molecule has 112 valence electrons. The fraction of sp³-hybridized carbons (Fsp3) is 0.882. The molecule has 0 aromatic heterocycles. The summed E-state index contributed by atoms with van der Waals surface area (Å²) in [5, 5.41) is 0. The Morgan fingerprint density at radius 1 is 0.684 bits per heavy atom. The molecule has 0 fully saturated rings. The fourth-order valence-electron chi connectivity index (χ4n) is 2.73. The Hall–Kier alpha value is -0.660. The summed E-state index contributed by atoms with van der Waals surface area (Å²) in [6, 6.07) is 0. The van der Waals surface area contributed by atoms with Crippen molar-refractivity contribution in [3.63, 3.8) is 0 Å². The smallest absolute Gasteiger partial charge is 0.0977 e. The molecule has 0 aromatic rings. The monoisotopic (exact) mass is 266 g/mol. The first kappa shape index (κ1) is 16.4. The number of hydrogen-bond acceptors (Lipinski definition) is 2. The third-order valence-corrected chi connectivity index (χ3v) is 4.20. The fourth-order valence-corrected chi connectivity index (χ4v) is 2.73. The Bertz CT molecular complexity index is 237. The van der Waals surface area contributed by atoms with E-state index in [9.17, 15) is 0 Å². The maximum Gasteiger partial charge on any atom is 0.0977 e. The molecule has 0 aliphatic carbocycles. The summed E-state index contributed by atoms with van der Waals surface area (Å²) < 4.78 is 0. The maximum atomic E-state index is 2.50. The van der Waals surface area contributed by atoms with Gasteiger partial charge in [0.2, 0.25) is 0 Å². The Labute approximate surface area is 120 Å². The van der Waals surface area contributed by atoms with Crippen molar-refractivity contribution in [1.29, 1.82) is 0 Å². The highest BCUT2D eigenvalue weighted by Crippen LogP contribution is 2.17. The lowest BCUT2D eigenvalue weighted by atomic mass is 10.1. The number of unbranched alkanes of at least 4 members (excludes halogenated alkanes) is 7. The van der Waals surface area contributed by atoms with Crippen LogP contribution in [-0.4, -0.2) is 29.1 Å². The van der Waals surface area contributed by atoms with Gasteiger partial charge in [0.1, 0.15) is 0 Å². The van der Waals surface area contributed by atoms with Crippen molar-refractivity contribution in [2.24, 2.45) is 0 Å². The molecule has 0 N–H and O–H groups in total. The van der Waals surface area contributed by atoms with Crippen molar-refractivity contribution in [2.45, 2.75) is 84.7 Å². The van der Waals surface area contributed by atoms with Gasteiger partial charge in [0, 0.05) is 25.5 Å². The highest BCUT2D eigenvalue weighted by molar-refractivity contribution is 4.95. The minimum Gasteiger partial charge on any atom is -0.356 e. The van der Waals surface area contributed by atoms with Crippen molar-refractivity contribution in [3.05, 3.63) is 12.4 Å². The van der Waals surface area contributed by atoms with Crippen molar-refractivity contribution in [3.8, 4) is 0 Å². The molecule has 0 saturated heterocycles. The third kappa shape index (κ3) is 6.35. The van der Waals surface area contributed by atoms with Gasteiger partial charge >= 0.3 is 0 Å². The zero-order valence-corrected chi connectivity index (χ0v) is 13.4. The Kier molecular flexibility index (Phi) is 8.77. The molecule has 0 saturated carbocycles. The summed E-state index contributed by atoms with van der Waals surface area (Å²) in [6.45, 7) is 9.32. The number of nitrogens with zero attached hydrogens (tertiary/aromatic N) is 2. The summed E-state index contributed by atoms with van der Waals surface area (Å²) in [6.07, 6.45) is 17.5. The average Bonchev–Trinajstić information content (AvgIpc) is 2.76. The van der Waals surface area contributed by atoms with E-state index in [1.165, 1.54) is 70.9 Å². The lowest BCUT2D eigenvalue weighted by molar-refractivity contribution is 0.166. The van der Waals surface area contributed by atoms with E-state index in [0.717, 1.165) is 0 Å². The first-order chi connectivity index (χ1) is 9.29. The molecule has 1 rings (SSSR count). The Morgan fingerprint density at radius 2 is 1.16 bits per heavy atom. The maximum absolute atomic E-state index is 2.50. The second kappa shape index (κ2) is 10.2. The van der Waals surface area contributed by atoms with Gasteiger partial charge in [-0.2, -0.15) is 0 Å². The van der Waals surface area contributed by atoms with Crippen LogP contribution in [-0.2, 0) is 0 Å². The first-order valence-electron chi connectivity index (χ1n) is 8.49. The molecule has 0 aromatic carbocycles. The molecular weight excluding hydrogens is 232 g/mol. The molecular formula is C17H34N2. The van der Waals surface area contributed by atoms with Gasteiger partial charge in [-0.1, -0.05) is 58.8 Å². The summed E-state index contributed by atoms with van der Waals surface area (Å²) >= 11 is 0. The molecule has 19 heavy (non-hydrogen) atoms. The Morgan fingerprint density at radius 3 is 1.74 bits per heavy atom. The topological polar surface area (TPSA) is 6.48 Å². The molecule has 1 heterocycles. The third-order valence-electron chi connectivity index (χ3n) is 4.20. The van der Waals surface area contributed by atoms with Crippen molar-refractivity contribution in [2.75, 3.05) is 13.1 Å². The van der Waals surface area contributed by atoms with E-state index in [1.807, 2.05) is 0 Å². The van der Waals surface area contributed by atoms with Crippen LogP contribution < -0.4 is 0 Å². The van der Waals surface area contributed by atoms with Crippen molar-refractivity contribution in [1.82, 2.24) is 9.80 Å². The predicted octanol–water partition coefficient (Wildman–Crippen LogP) is 4.97. The lowest BCUT2D eigenvalue weighted by Crippen LogP contribution is -2.36. The van der Waals surface area contributed by atoms with E-state index >= 15 is 0 Å². The van der Waals surface area contributed by atoms with Crippen LogP contribution in [0.4, 0.5) is 0 Å². The number of hydrogen-bond donors (Lipinski definition) is 0. The minimum absolute atomic E-state index is 0.576. The zero-order chi connectivity index (χ0) is 13.9. The molecule has 1 aliphatic rings. The van der Waals surface area contributed by atoms with Crippen molar-refractivity contribution < 1.29 is 0 Å². The summed E-state index contributed by atoms with van der Waals surface area (Å²) in [4.78, 5) is 4.98. The van der Waals surface area contributed by atoms with E-state index in [1.54, 1.807) is 0 Å². The normalized spacial score (nSPS) is 18.6. The molecule has 0 spiro atoms.